The highest BCUT2D eigenvalue weighted by atomic mass is 35.5. The van der Waals surface area contributed by atoms with Crippen molar-refractivity contribution in [3.05, 3.63) is 101 Å². The summed E-state index contributed by atoms with van der Waals surface area (Å²) in [5.41, 5.74) is -0.186. The standard InChI is InChI=1S/C30H10Cl4O2/c31-21-7-15-17-5-11-1-3-13-27-18(16-8-22(32)23(33)9-19(16)29(13)35)6-12-2-4-14(28(17)26(12)25(11)27)30(36)20(15)10-24(21)34/h1-10H. The normalized spacial score (nSPS) is 12.7. The van der Waals surface area contributed by atoms with E-state index in [4.69, 9.17) is 46.4 Å². The molecule has 0 saturated heterocycles. The predicted octanol–water partition coefficient (Wildman–Crippen LogP) is 9.41. The van der Waals surface area contributed by atoms with Crippen LogP contribution in [0, 0.1) is 0 Å². The van der Waals surface area contributed by atoms with Gasteiger partial charge in [-0.1, -0.05) is 58.5 Å². The van der Waals surface area contributed by atoms with Crippen LogP contribution in [0.25, 0.3) is 75.4 Å². The molecule has 0 aliphatic heterocycles. The number of hydrogen-bond acceptors (Lipinski definition) is 2. The first kappa shape index (κ1) is 21.0. The van der Waals surface area contributed by atoms with Crippen molar-refractivity contribution in [2.24, 2.45) is 0 Å². The number of hydrogen-bond donors (Lipinski definition) is 0. The summed E-state index contributed by atoms with van der Waals surface area (Å²) in [5, 5.41) is 12.8. The minimum atomic E-state index is -0.0932. The molecule has 0 atom stereocenters. The van der Waals surface area contributed by atoms with Crippen LogP contribution in [-0.2, 0) is 0 Å². The molecular formula is C30H10Cl4O2. The third-order valence-corrected chi connectivity index (χ3v) is 8.99. The molecule has 0 radical (unpaired) electrons. The van der Waals surface area contributed by atoms with Gasteiger partial charge in [0, 0.05) is 32.3 Å². The second-order valence-corrected chi connectivity index (χ2v) is 10.9. The zero-order valence-electron chi connectivity index (χ0n) is 18.1. The Morgan fingerprint density at radius 1 is 0.361 bits per heavy atom. The van der Waals surface area contributed by atoms with Crippen molar-refractivity contribution in [3.8, 4) is 0 Å². The van der Waals surface area contributed by atoms with E-state index in [9.17, 15) is 9.59 Å². The SMILES string of the molecule is O=c1c2cc(Cl)c(Cl)cc2c2cc3ccc4c(=O)c5cc(Cl)c(Cl)cc5c5cc6ccc1c2c6c3c45. The minimum absolute atomic E-state index is 0.0932. The Morgan fingerprint density at radius 3 is 1.11 bits per heavy atom. The summed E-state index contributed by atoms with van der Waals surface area (Å²) in [4.78, 5) is 27.2. The highest BCUT2D eigenvalue weighted by Crippen LogP contribution is 2.46. The van der Waals surface area contributed by atoms with Gasteiger partial charge in [-0.05, 0) is 91.6 Å². The second kappa shape index (κ2) is 6.79. The summed E-state index contributed by atoms with van der Waals surface area (Å²) in [6.45, 7) is 0. The number of rotatable bonds is 0. The highest BCUT2D eigenvalue weighted by Gasteiger charge is 2.22. The van der Waals surface area contributed by atoms with Crippen molar-refractivity contribution in [2.45, 2.75) is 0 Å². The Morgan fingerprint density at radius 2 is 0.722 bits per heavy atom. The minimum Gasteiger partial charge on any atom is -0.289 e. The zero-order chi connectivity index (χ0) is 24.6. The van der Waals surface area contributed by atoms with Gasteiger partial charge >= 0.3 is 0 Å². The molecule has 0 aliphatic rings. The molecule has 0 spiro atoms. The fourth-order valence-corrected chi connectivity index (χ4v) is 6.69. The van der Waals surface area contributed by atoms with Crippen LogP contribution in [0.1, 0.15) is 0 Å². The monoisotopic (exact) mass is 542 g/mol. The topological polar surface area (TPSA) is 34.1 Å². The van der Waals surface area contributed by atoms with Crippen molar-refractivity contribution < 1.29 is 0 Å². The molecule has 0 fully saturated rings. The first-order valence-corrected chi connectivity index (χ1v) is 12.7. The fourth-order valence-electron chi connectivity index (χ4n) is 6.04. The summed E-state index contributed by atoms with van der Waals surface area (Å²) in [5.74, 6) is 0. The van der Waals surface area contributed by atoms with Crippen molar-refractivity contribution in [3.63, 3.8) is 0 Å². The largest absolute Gasteiger partial charge is 0.289 e. The molecule has 0 unspecified atom stereocenters. The average Bonchev–Trinajstić information content (AvgIpc) is 2.87. The summed E-state index contributed by atoms with van der Waals surface area (Å²) >= 11 is 25.3. The molecule has 6 heteroatoms. The van der Waals surface area contributed by atoms with E-state index >= 15 is 0 Å². The van der Waals surface area contributed by atoms with Crippen molar-refractivity contribution >= 4 is 122 Å². The van der Waals surface area contributed by atoms with E-state index in [1.807, 2.05) is 24.3 Å². The maximum Gasteiger partial charge on any atom is 0.194 e. The lowest BCUT2D eigenvalue weighted by Crippen LogP contribution is -2.06. The maximum atomic E-state index is 13.6. The van der Waals surface area contributed by atoms with Gasteiger partial charge in [0.2, 0.25) is 0 Å². The smallest absolute Gasteiger partial charge is 0.194 e. The molecular weight excluding hydrogens is 534 g/mol. The molecule has 8 rings (SSSR count). The molecule has 8 aromatic carbocycles. The van der Waals surface area contributed by atoms with Crippen LogP contribution in [0.4, 0.5) is 0 Å². The van der Waals surface area contributed by atoms with Gasteiger partial charge in [0.25, 0.3) is 0 Å². The van der Waals surface area contributed by atoms with Crippen LogP contribution in [0.5, 0.6) is 0 Å². The fraction of sp³-hybridized carbons (Fsp3) is 0. The molecule has 36 heavy (non-hydrogen) atoms. The zero-order valence-corrected chi connectivity index (χ0v) is 21.1. The molecule has 2 nitrogen and oxygen atoms in total. The van der Waals surface area contributed by atoms with Crippen LogP contribution in [0.2, 0.25) is 20.1 Å². The maximum absolute atomic E-state index is 13.6. The Balaban J connectivity index is 1.74. The number of fused-ring (bicyclic) bond motifs is 4. The van der Waals surface area contributed by atoms with E-state index in [-0.39, 0.29) is 10.9 Å². The summed E-state index contributed by atoms with van der Waals surface area (Å²) in [7, 11) is 0. The van der Waals surface area contributed by atoms with Crippen LogP contribution in [-0.4, -0.2) is 0 Å². The Bertz CT molecular complexity index is 2230. The summed E-state index contributed by atoms with van der Waals surface area (Å²) < 4.78 is 0. The second-order valence-electron chi connectivity index (χ2n) is 9.30. The average molecular weight is 544 g/mol. The summed E-state index contributed by atoms with van der Waals surface area (Å²) in [6.07, 6.45) is 0. The van der Waals surface area contributed by atoms with E-state index in [1.54, 1.807) is 24.3 Å². The van der Waals surface area contributed by atoms with Crippen molar-refractivity contribution in [1.82, 2.24) is 0 Å². The Labute approximate surface area is 222 Å². The Hall–Kier alpha value is -3.14. The van der Waals surface area contributed by atoms with Crippen LogP contribution >= 0.6 is 46.4 Å². The lowest BCUT2D eigenvalue weighted by Gasteiger charge is -2.19. The summed E-state index contributed by atoms with van der Waals surface area (Å²) in [6, 6.07) is 18.7. The highest BCUT2D eigenvalue weighted by molar-refractivity contribution is 6.46. The van der Waals surface area contributed by atoms with Crippen molar-refractivity contribution in [1.29, 1.82) is 0 Å². The third-order valence-electron chi connectivity index (χ3n) is 7.54. The van der Waals surface area contributed by atoms with Gasteiger partial charge < -0.3 is 0 Å². The van der Waals surface area contributed by atoms with Gasteiger partial charge in [-0.25, -0.2) is 0 Å². The van der Waals surface area contributed by atoms with E-state index in [2.05, 4.69) is 12.1 Å². The van der Waals surface area contributed by atoms with E-state index in [0.717, 1.165) is 53.9 Å². The van der Waals surface area contributed by atoms with Gasteiger partial charge in [0.05, 0.1) is 20.1 Å². The molecule has 0 bridgehead atoms. The number of halogens is 4. The first-order chi connectivity index (χ1) is 17.3. The van der Waals surface area contributed by atoms with Gasteiger partial charge in [0.15, 0.2) is 10.9 Å². The van der Waals surface area contributed by atoms with E-state index in [1.165, 1.54) is 0 Å². The molecule has 0 aliphatic carbocycles. The lowest BCUT2D eigenvalue weighted by atomic mass is 9.84. The molecule has 8 aromatic rings. The predicted molar refractivity (Wildman–Crippen MR) is 155 cm³/mol. The van der Waals surface area contributed by atoms with E-state index in [0.29, 0.717) is 41.6 Å². The van der Waals surface area contributed by atoms with Gasteiger partial charge in [0.1, 0.15) is 0 Å². The molecule has 0 saturated carbocycles. The van der Waals surface area contributed by atoms with E-state index < -0.39 is 0 Å². The number of benzene rings is 8. The van der Waals surface area contributed by atoms with Gasteiger partial charge in [-0.2, -0.15) is 0 Å². The first-order valence-electron chi connectivity index (χ1n) is 11.2. The molecule has 0 N–H and O–H groups in total. The third kappa shape index (κ3) is 2.41. The van der Waals surface area contributed by atoms with Crippen LogP contribution < -0.4 is 10.9 Å². The van der Waals surface area contributed by atoms with Crippen LogP contribution in [0.15, 0.2) is 70.3 Å². The van der Waals surface area contributed by atoms with Gasteiger partial charge in [-0.15, -0.1) is 0 Å². The molecule has 0 heterocycles. The molecule has 0 aromatic heterocycles. The van der Waals surface area contributed by atoms with Gasteiger partial charge in [-0.3, -0.25) is 9.59 Å². The quantitative estimate of drug-likeness (QED) is 0.141. The molecule has 170 valence electrons. The van der Waals surface area contributed by atoms with Crippen molar-refractivity contribution in [2.75, 3.05) is 0 Å². The van der Waals surface area contributed by atoms with Crippen LogP contribution in [0.3, 0.4) is 0 Å². The lowest BCUT2D eigenvalue weighted by molar-refractivity contribution is 1.72. The Kier molecular flexibility index (Phi) is 3.96. The molecule has 0 amide bonds.